The summed E-state index contributed by atoms with van der Waals surface area (Å²) in [5, 5.41) is 2.92. The lowest BCUT2D eigenvalue weighted by molar-refractivity contribution is -0.127. The highest BCUT2D eigenvalue weighted by Crippen LogP contribution is 2.29. The Morgan fingerprint density at radius 2 is 1.77 bits per heavy atom. The molecule has 0 fully saturated rings. The molecule has 10 heteroatoms. The molecule has 4 N–H and O–H groups in total. The normalized spacial score (nSPS) is 15.3. The van der Waals surface area contributed by atoms with Gasteiger partial charge in [-0.2, -0.15) is 0 Å². The molecule has 1 aromatic heterocycles. The summed E-state index contributed by atoms with van der Waals surface area (Å²) in [6.07, 6.45) is 6.64. The number of fused-ring (bicyclic) bond motifs is 2. The number of nitrogens with zero attached hydrogens (tertiary/aromatic N) is 3. The molecule has 0 spiro atoms. The van der Waals surface area contributed by atoms with Crippen molar-refractivity contribution < 1.29 is 19.2 Å². The molecule has 0 bridgehead atoms. The third kappa shape index (κ3) is 7.15. The number of pyridine rings is 1. The van der Waals surface area contributed by atoms with Gasteiger partial charge in [0.25, 0.3) is 5.91 Å². The van der Waals surface area contributed by atoms with Gasteiger partial charge in [-0.15, -0.1) is 5.48 Å². The van der Waals surface area contributed by atoms with Crippen molar-refractivity contribution in [1.82, 2.24) is 15.4 Å². The van der Waals surface area contributed by atoms with Gasteiger partial charge in [0.1, 0.15) is 5.84 Å². The molecule has 1 unspecified atom stereocenters. The molecular formula is C33H36N6O4. The average Bonchev–Trinajstić information content (AvgIpc) is 3.34. The highest BCUT2D eigenvalue weighted by Gasteiger charge is 2.25. The van der Waals surface area contributed by atoms with Gasteiger partial charge in [0.15, 0.2) is 0 Å². The third-order valence-corrected chi connectivity index (χ3v) is 7.36. The summed E-state index contributed by atoms with van der Waals surface area (Å²) in [6.45, 7) is 5.47. The van der Waals surface area contributed by atoms with Gasteiger partial charge in [-0.1, -0.05) is 38.1 Å². The van der Waals surface area contributed by atoms with Crippen molar-refractivity contribution in [3.8, 4) is 0 Å². The van der Waals surface area contributed by atoms with Crippen molar-refractivity contribution in [1.29, 1.82) is 0 Å². The molecule has 222 valence electrons. The summed E-state index contributed by atoms with van der Waals surface area (Å²) in [6, 6.07) is 15.7. The van der Waals surface area contributed by atoms with Crippen LogP contribution in [0.4, 0.5) is 11.4 Å². The molecular weight excluding hydrogens is 544 g/mol. The number of rotatable bonds is 10. The van der Waals surface area contributed by atoms with E-state index in [0.717, 1.165) is 29.7 Å². The maximum atomic E-state index is 13.2. The lowest BCUT2D eigenvalue weighted by Crippen LogP contribution is -2.34. The fraction of sp³-hybridized carbons (Fsp3) is 0.303. The number of amidine groups is 1. The van der Waals surface area contributed by atoms with Gasteiger partial charge >= 0.3 is 5.97 Å². The van der Waals surface area contributed by atoms with Gasteiger partial charge in [0.05, 0.1) is 29.2 Å². The summed E-state index contributed by atoms with van der Waals surface area (Å²) in [5.41, 5.74) is 14.2. The van der Waals surface area contributed by atoms with Crippen LogP contribution in [0.3, 0.4) is 0 Å². The van der Waals surface area contributed by atoms with Crippen LogP contribution in [0.25, 0.3) is 6.08 Å². The third-order valence-electron chi connectivity index (χ3n) is 7.36. The highest BCUT2D eigenvalue weighted by molar-refractivity contribution is 6.08. The molecule has 2 amide bonds. The summed E-state index contributed by atoms with van der Waals surface area (Å²) < 4.78 is 0. The first-order valence-corrected chi connectivity index (χ1v) is 14.6. The van der Waals surface area contributed by atoms with E-state index in [1.807, 2.05) is 37.0 Å². The van der Waals surface area contributed by atoms with Crippen LogP contribution in [0.5, 0.6) is 0 Å². The molecule has 1 atom stereocenters. The van der Waals surface area contributed by atoms with Crippen LogP contribution in [0.2, 0.25) is 0 Å². The molecule has 1 aliphatic heterocycles. The molecule has 2 aliphatic rings. The van der Waals surface area contributed by atoms with Crippen molar-refractivity contribution in [2.24, 2.45) is 10.7 Å². The standard InChI is InChI=1S/C33H36N6O4/c1-3-12-39(13-4-2)32(41)25-14-22-10-11-23(17-29(22)37-30(34)18-25)31(40)36-27-16-24-15-26(19-28(24)35-20-27)38-43-33(42)21-8-6-5-7-9-21/h5-11,14,16-17,20,26,38H,3-4,12-13,15,18-19H2,1-2H3,(H2,34,37)(H,36,40). The number of carbonyl (C=O) groups is 3. The van der Waals surface area contributed by atoms with Gasteiger partial charge < -0.3 is 20.8 Å². The number of aromatic nitrogens is 1. The average molecular weight is 581 g/mol. The second-order valence-electron chi connectivity index (χ2n) is 10.8. The van der Waals surface area contributed by atoms with Crippen LogP contribution in [0.15, 0.2) is 71.4 Å². The molecule has 5 rings (SSSR count). The van der Waals surface area contributed by atoms with Crippen molar-refractivity contribution in [2.45, 2.75) is 52.0 Å². The van der Waals surface area contributed by atoms with Gasteiger partial charge in [-0.3, -0.25) is 14.6 Å². The minimum absolute atomic E-state index is 0.0348. The summed E-state index contributed by atoms with van der Waals surface area (Å²) >= 11 is 0. The number of nitrogens with one attached hydrogen (secondary N) is 2. The van der Waals surface area contributed by atoms with Crippen molar-refractivity contribution in [2.75, 3.05) is 18.4 Å². The smallest absolute Gasteiger partial charge is 0.356 e. The number of carbonyl (C=O) groups excluding carboxylic acids is 3. The SMILES string of the molecule is CCCN(CCC)C(=O)C1=Cc2ccc(C(=O)Nc3cnc4c(c3)CC(NOC(=O)c3ccccc3)C4)cc2N=C(N)C1. The zero-order valence-electron chi connectivity index (χ0n) is 24.4. The van der Waals surface area contributed by atoms with Crippen molar-refractivity contribution in [3.05, 3.63) is 94.3 Å². The van der Waals surface area contributed by atoms with Gasteiger partial charge in [-0.25, -0.2) is 9.79 Å². The zero-order chi connectivity index (χ0) is 30.3. The van der Waals surface area contributed by atoms with Crippen LogP contribution < -0.4 is 16.5 Å². The maximum absolute atomic E-state index is 13.2. The molecule has 3 aromatic rings. The quantitative estimate of drug-likeness (QED) is 0.298. The van der Waals surface area contributed by atoms with E-state index in [9.17, 15) is 14.4 Å². The van der Waals surface area contributed by atoms with E-state index >= 15 is 0 Å². The van der Waals surface area contributed by atoms with Crippen LogP contribution in [0.1, 0.15) is 70.6 Å². The maximum Gasteiger partial charge on any atom is 0.356 e. The lowest BCUT2D eigenvalue weighted by atomic mass is 10.0. The largest absolute Gasteiger partial charge is 0.387 e. The molecule has 0 radical (unpaired) electrons. The van der Waals surface area contributed by atoms with E-state index in [4.69, 9.17) is 10.6 Å². The van der Waals surface area contributed by atoms with Crippen LogP contribution in [-0.2, 0) is 22.5 Å². The fourth-order valence-electron chi connectivity index (χ4n) is 5.32. The number of aliphatic imine (C=N–C) groups is 1. The van der Waals surface area contributed by atoms with E-state index < -0.39 is 5.97 Å². The summed E-state index contributed by atoms with van der Waals surface area (Å²) in [4.78, 5) is 54.8. The lowest BCUT2D eigenvalue weighted by Gasteiger charge is -2.22. The second-order valence-corrected chi connectivity index (χ2v) is 10.8. The van der Waals surface area contributed by atoms with Gasteiger partial charge in [-0.05, 0) is 61.2 Å². The number of hydroxylamine groups is 1. The minimum Gasteiger partial charge on any atom is -0.387 e. The zero-order valence-corrected chi connectivity index (χ0v) is 24.4. The first kappa shape index (κ1) is 29.7. The molecule has 0 saturated carbocycles. The van der Waals surface area contributed by atoms with Crippen molar-refractivity contribution >= 4 is 41.1 Å². The summed E-state index contributed by atoms with van der Waals surface area (Å²) in [7, 11) is 0. The Morgan fingerprint density at radius 1 is 1.00 bits per heavy atom. The molecule has 0 saturated heterocycles. The Bertz CT molecular complexity index is 1580. The van der Waals surface area contributed by atoms with Crippen molar-refractivity contribution in [3.63, 3.8) is 0 Å². The van der Waals surface area contributed by atoms with Gasteiger partial charge in [0, 0.05) is 48.3 Å². The predicted molar refractivity (Wildman–Crippen MR) is 166 cm³/mol. The minimum atomic E-state index is -0.447. The van der Waals surface area contributed by atoms with E-state index in [1.165, 1.54) is 0 Å². The number of anilines is 1. The Balaban J connectivity index is 1.24. The van der Waals surface area contributed by atoms with E-state index in [1.54, 1.807) is 48.7 Å². The number of hydrogen-bond acceptors (Lipinski definition) is 8. The predicted octanol–water partition coefficient (Wildman–Crippen LogP) is 4.59. The molecule has 43 heavy (non-hydrogen) atoms. The Labute approximate surface area is 251 Å². The van der Waals surface area contributed by atoms with E-state index in [0.29, 0.717) is 59.8 Å². The Morgan fingerprint density at radius 3 is 2.51 bits per heavy atom. The molecule has 2 aromatic carbocycles. The number of nitrogens with two attached hydrogens (primary N) is 1. The first-order valence-electron chi connectivity index (χ1n) is 14.6. The van der Waals surface area contributed by atoms with E-state index in [2.05, 4.69) is 20.8 Å². The fourth-order valence-corrected chi connectivity index (χ4v) is 5.32. The Hall–Kier alpha value is -4.83. The van der Waals surface area contributed by atoms with Gasteiger partial charge in [0.2, 0.25) is 5.91 Å². The van der Waals surface area contributed by atoms with E-state index in [-0.39, 0.29) is 24.3 Å². The molecule has 1 aliphatic carbocycles. The molecule has 10 nitrogen and oxygen atoms in total. The number of hydrogen-bond donors (Lipinski definition) is 3. The first-order chi connectivity index (χ1) is 20.8. The summed E-state index contributed by atoms with van der Waals surface area (Å²) in [5.74, 6) is -0.473. The Kier molecular flexibility index (Phi) is 9.26. The highest BCUT2D eigenvalue weighted by atomic mass is 16.7. The monoisotopic (exact) mass is 580 g/mol. The molecule has 2 heterocycles. The topological polar surface area (TPSA) is 139 Å². The second kappa shape index (κ2) is 13.4. The number of benzene rings is 2. The van der Waals surface area contributed by atoms with Crippen LogP contribution in [-0.4, -0.2) is 52.6 Å². The van der Waals surface area contributed by atoms with Crippen LogP contribution >= 0.6 is 0 Å². The van der Waals surface area contributed by atoms with Crippen LogP contribution in [0, 0.1) is 0 Å². The number of amides is 2.